The van der Waals surface area contributed by atoms with E-state index in [2.05, 4.69) is 0 Å². The van der Waals surface area contributed by atoms with Gasteiger partial charge in [-0.15, -0.1) is 46.4 Å². The molecule has 104 valence electrons. The summed E-state index contributed by atoms with van der Waals surface area (Å²) in [5.74, 6) is 0. The van der Waals surface area contributed by atoms with Crippen molar-refractivity contribution in [2.75, 3.05) is 0 Å². The molecule has 0 saturated heterocycles. The van der Waals surface area contributed by atoms with Gasteiger partial charge in [0.15, 0.2) is 7.59 Å². The van der Waals surface area contributed by atoms with Crippen LogP contribution in [0.4, 0.5) is 0 Å². The summed E-state index contributed by atoms with van der Waals surface area (Å²) in [6.07, 6.45) is -0.475. The summed E-state index contributed by atoms with van der Waals surface area (Å²) in [5.41, 5.74) is 0. The van der Waals surface area contributed by atoms with E-state index in [-0.39, 0.29) is 19.3 Å². The fraction of sp³-hybridized carbons (Fsp3) is 1.00. The second-order valence-corrected chi connectivity index (χ2v) is 11.8. The molecular formula is C7H6Cl10. The van der Waals surface area contributed by atoms with Gasteiger partial charge in [0.1, 0.15) is 8.67 Å². The molecule has 0 aliphatic heterocycles. The first-order chi connectivity index (χ1) is 7.12. The molecule has 0 aliphatic rings. The monoisotopic (exact) mass is 440 g/mol. The highest BCUT2D eigenvalue weighted by atomic mass is 35.6. The van der Waals surface area contributed by atoms with Crippen LogP contribution in [0.25, 0.3) is 0 Å². The minimum Gasteiger partial charge on any atom is -0.101 e. The molecule has 0 aromatic heterocycles. The lowest BCUT2D eigenvalue weighted by molar-refractivity contribution is 0.564. The third-order valence-corrected chi connectivity index (χ3v) is 3.31. The number of rotatable bonds is 4. The van der Waals surface area contributed by atoms with Gasteiger partial charge < -0.3 is 0 Å². The molecule has 0 aromatic carbocycles. The van der Waals surface area contributed by atoms with E-state index in [0.717, 1.165) is 0 Å². The average molecular weight is 445 g/mol. The van der Waals surface area contributed by atoms with Crippen molar-refractivity contribution in [3.63, 3.8) is 0 Å². The fourth-order valence-electron chi connectivity index (χ4n) is 1.09. The quantitative estimate of drug-likeness (QED) is 0.401. The molecule has 0 fully saturated rings. The predicted molar refractivity (Wildman–Crippen MR) is 83.3 cm³/mol. The molecule has 0 N–H and O–H groups in total. The Morgan fingerprint density at radius 2 is 0.647 bits per heavy atom. The lowest BCUT2D eigenvalue weighted by Gasteiger charge is -2.31. The van der Waals surface area contributed by atoms with Crippen molar-refractivity contribution in [1.29, 1.82) is 0 Å². The van der Waals surface area contributed by atoms with Gasteiger partial charge in [0.05, 0.1) is 0 Å². The van der Waals surface area contributed by atoms with Crippen molar-refractivity contribution >= 4 is 116 Å². The highest BCUT2D eigenvalue weighted by Crippen LogP contribution is 2.50. The maximum absolute atomic E-state index is 5.95. The maximum atomic E-state index is 5.95. The Morgan fingerprint density at radius 3 is 0.824 bits per heavy atom. The van der Waals surface area contributed by atoms with E-state index in [1.165, 1.54) is 0 Å². The molecule has 0 aliphatic carbocycles. The van der Waals surface area contributed by atoms with E-state index in [9.17, 15) is 0 Å². The molecule has 17 heavy (non-hydrogen) atoms. The molecule has 10 heteroatoms. The van der Waals surface area contributed by atoms with Crippen LogP contribution < -0.4 is 0 Å². The molecule has 0 atom stereocenters. The summed E-state index contributed by atoms with van der Waals surface area (Å²) in [4.78, 5) is 0. The summed E-state index contributed by atoms with van der Waals surface area (Å²) >= 11 is 57.3. The van der Waals surface area contributed by atoms with Crippen LogP contribution >= 0.6 is 116 Å². The largest absolute Gasteiger partial charge is 0.193 e. The third-order valence-electron chi connectivity index (χ3n) is 1.44. The van der Waals surface area contributed by atoms with Gasteiger partial charge >= 0.3 is 0 Å². The number of halogens is 10. The number of hydrogen-bond acceptors (Lipinski definition) is 0. The standard InChI is InChI=1S/C7H6Cl10/c8-4(9,2-6(12,13)14)1-5(10,11)3-7(15,16)17/h1-3H2. The summed E-state index contributed by atoms with van der Waals surface area (Å²) in [5, 5.41) is 0. The molecule has 0 spiro atoms. The first kappa shape index (κ1) is 19.9. The van der Waals surface area contributed by atoms with Gasteiger partial charge in [0.2, 0.25) is 0 Å². The first-order valence-corrected chi connectivity index (χ1v) is 7.79. The van der Waals surface area contributed by atoms with Crippen LogP contribution in [0, 0.1) is 0 Å². The Labute approximate surface area is 150 Å². The van der Waals surface area contributed by atoms with E-state index in [1.54, 1.807) is 0 Å². The lowest BCUT2D eigenvalue weighted by Crippen LogP contribution is -2.32. The summed E-state index contributed by atoms with van der Waals surface area (Å²) in [6.45, 7) is 0. The van der Waals surface area contributed by atoms with E-state index in [1.807, 2.05) is 0 Å². The zero-order valence-electron chi connectivity index (χ0n) is 7.90. The number of hydrogen-bond donors (Lipinski definition) is 0. The van der Waals surface area contributed by atoms with Crippen molar-refractivity contribution in [2.45, 2.75) is 35.5 Å². The average Bonchev–Trinajstić information content (AvgIpc) is 1.65. The zero-order valence-corrected chi connectivity index (χ0v) is 15.5. The van der Waals surface area contributed by atoms with Gasteiger partial charge in [-0.1, -0.05) is 69.6 Å². The zero-order chi connectivity index (χ0) is 14.1. The van der Waals surface area contributed by atoms with Crippen LogP contribution in [0.15, 0.2) is 0 Å². The normalized spacial score (nSPS) is 15.2. The Bertz CT molecular complexity index is 220. The predicted octanol–water partition coefficient (Wildman–Crippen LogP) is 7.24. The molecule has 0 nitrogen and oxygen atoms in total. The van der Waals surface area contributed by atoms with E-state index < -0.39 is 16.3 Å². The van der Waals surface area contributed by atoms with Gasteiger partial charge in [-0.2, -0.15) is 0 Å². The molecular weight excluding hydrogens is 439 g/mol. The fourth-order valence-corrected chi connectivity index (χ4v) is 5.27. The minimum atomic E-state index is -1.63. The van der Waals surface area contributed by atoms with Gasteiger partial charge in [0.25, 0.3) is 0 Å². The molecule has 0 bridgehead atoms. The van der Waals surface area contributed by atoms with Crippen LogP contribution in [0.1, 0.15) is 19.3 Å². The van der Waals surface area contributed by atoms with Crippen LogP contribution in [-0.2, 0) is 0 Å². The molecule has 0 amide bonds. The summed E-state index contributed by atoms with van der Waals surface area (Å²) < 4.78 is -6.17. The lowest BCUT2D eigenvalue weighted by atomic mass is 10.1. The van der Waals surface area contributed by atoms with Gasteiger partial charge in [-0.3, -0.25) is 0 Å². The van der Waals surface area contributed by atoms with E-state index in [4.69, 9.17) is 116 Å². The molecule has 0 aromatic rings. The topological polar surface area (TPSA) is 0 Å². The maximum Gasteiger partial charge on any atom is 0.193 e. The SMILES string of the molecule is ClC(Cl)(Cl)CC(Cl)(Cl)CC(Cl)(Cl)CC(Cl)(Cl)Cl. The van der Waals surface area contributed by atoms with Crippen LogP contribution in [0.3, 0.4) is 0 Å². The smallest absolute Gasteiger partial charge is 0.101 e. The first-order valence-electron chi connectivity index (χ1n) is 4.01. The highest BCUT2D eigenvalue weighted by Gasteiger charge is 2.44. The van der Waals surface area contributed by atoms with Gasteiger partial charge in [-0.05, 0) is 0 Å². The Hall–Kier alpha value is 2.90. The van der Waals surface area contributed by atoms with Crippen molar-refractivity contribution < 1.29 is 0 Å². The van der Waals surface area contributed by atoms with Gasteiger partial charge in [0, 0.05) is 19.3 Å². The van der Waals surface area contributed by atoms with Crippen molar-refractivity contribution in [3.8, 4) is 0 Å². The second-order valence-electron chi connectivity index (χ2n) is 3.47. The molecule has 0 radical (unpaired) electrons. The minimum absolute atomic E-state index is 0.131. The number of alkyl halides is 10. The Kier molecular flexibility index (Phi) is 7.93. The van der Waals surface area contributed by atoms with E-state index in [0.29, 0.717) is 0 Å². The van der Waals surface area contributed by atoms with E-state index >= 15 is 0 Å². The summed E-state index contributed by atoms with van der Waals surface area (Å²) in [7, 11) is 0. The van der Waals surface area contributed by atoms with Crippen molar-refractivity contribution in [3.05, 3.63) is 0 Å². The molecule has 0 heterocycles. The molecule has 0 unspecified atom stereocenters. The Balaban J connectivity index is 4.59. The van der Waals surface area contributed by atoms with Gasteiger partial charge in [-0.25, -0.2) is 0 Å². The highest BCUT2D eigenvalue weighted by molar-refractivity contribution is 6.69. The Morgan fingerprint density at radius 1 is 0.412 bits per heavy atom. The second kappa shape index (κ2) is 6.77. The van der Waals surface area contributed by atoms with Crippen LogP contribution in [0.5, 0.6) is 0 Å². The molecule has 0 saturated carbocycles. The molecule has 0 rings (SSSR count). The van der Waals surface area contributed by atoms with Crippen molar-refractivity contribution in [1.82, 2.24) is 0 Å². The van der Waals surface area contributed by atoms with Crippen LogP contribution in [0.2, 0.25) is 0 Å². The summed E-state index contributed by atoms with van der Waals surface area (Å²) in [6, 6.07) is 0. The van der Waals surface area contributed by atoms with Crippen molar-refractivity contribution in [2.24, 2.45) is 0 Å². The third kappa shape index (κ3) is 12.4. The van der Waals surface area contributed by atoms with Crippen LogP contribution in [-0.4, -0.2) is 16.3 Å².